The molecule has 0 unspecified atom stereocenters. The Hall–Kier alpha value is -2.82. The maximum atomic E-state index is 12.4. The summed E-state index contributed by atoms with van der Waals surface area (Å²) >= 11 is 0. The molecule has 2 aromatic carbocycles. The van der Waals surface area contributed by atoms with Gasteiger partial charge in [0.1, 0.15) is 5.75 Å². The molecule has 0 bridgehead atoms. The third-order valence-electron chi connectivity index (χ3n) is 4.71. The number of ether oxygens (including phenoxy) is 1. The summed E-state index contributed by atoms with van der Waals surface area (Å²) in [7, 11) is 1.58. The largest absolute Gasteiger partial charge is 0.497 e. The molecule has 0 spiro atoms. The second-order valence-corrected chi connectivity index (χ2v) is 6.52. The highest BCUT2D eigenvalue weighted by atomic mass is 16.5. The molecule has 136 valence electrons. The Bertz CT molecular complexity index is 753. The Morgan fingerprint density at radius 2 is 1.81 bits per heavy atom. The molecule has 0 aliphatic carbocycles. The van der Waals surface area contributed by atoms with Crippen molar-refractivity contribution in [3.05, 3.63) is 65.7 Å². The molecule has 1 N–H and O–H groups in total. The highest BCUT2D eigenvalue weighted by molar-refractivity contribution is 5.94. The van der Waals surface area contributed by atoms with Gasteiger partial charge >= 0.3 is 0 Å². The van der Waals surface area contributed by atoms with Gasteiger partial charge in [0.25, 0.3) is 5.91 Å². The van der Waals surface area contributed by atoms with Crippen molar-refractivity contribution >= 4 is 11.8 Å². The predicted octanol–water partition coefficient (Wildman–Crippen LogP) is 2.66. The summed E-state index contributed by atoms with van der Waals surface area (Å²) < 4.78 is 5.16. The average Bonchev–Trinajstić information content (AvgIpc) is 2.69. The van der Waals surface area contributed by atoms with Gasteiger partial charge < -0.3 is 15.0 Å². The quantitative estimate of drug-likeness (QED) is 0.900. The molecular weight excluding hydrogens is 328 g/mol. The Labute approximate surface area is 154 Å². The maximum absolute atomic E-state index is 12.4. The minimum atomic E-state index is -0.0991. The van der Waals surface area contributed by atoms with Crippen LogP contribution in [0.25, 0.3) is 0 Å². The minimum absolute atomic E-state index is 0.0921. The fourth-order valence-corrected chi connectivity index (χ4v) is 3.19. The number of likely N-dealkylation sites (tertiary alicyclic amines) is 1. The number of amides is 2. The molecule has 0 aromatic heterocycles. The van der Waals surface area contributed by atoms with Crippen molar-refractivity contribution in [1.82, 2.24) is 10.2 Å². The highest BCUT2D eigenvalue weighted by Crippen LogP contribution is 2.15. The van der Waals surface area contributed by atoms with E-state index in [-0.39, 0.29) is 17.9 Å². The zero-order chi connectivity index (χ0) is 18.4. The predicted molar refractivity (Wildman–Crippen MR) is 100 cm³/mol. The van der Waals surface area contributed by atoms with Crippen LogP contribution in [0.2, 0.25) is 0 Å². The summed E-state index contributed by atoms with van der Waals surface area (Å²) in [5, 5.41) is 3.06. The van der Waals surface area contributed by atoms with Crippen molar-refractivity contribution in [3.63, 3.8) is 0 Å². The van der Waals surface area contributed by atoms with E-state index in [0.29, 0.717) is 30.8 Å². The maximum Gasteiger partial charge on any atom is 0.251 e. The van der Waals surface area contributed by atoms with Gasteiger partial charge in [-0.05, 0) is 36.6 Å². The van der Waals surface area contributed by atoms with E-state index >= 15 is 0 Å². The number of carbonyl (C=O) groups is 2. The molecule has 5 heteroatoms. The van der Waals surface area contributed by atoms with E-state index in [1.807, 2.05) is 41.3 Å². The summed E-state index contributed by atoms with van der Waals surface area (Å²) in [5.74, 6) is 0.714. The molecule has 0 radical (unpaired) electrons. The molecule has 2 aromatic rings. The number of nitrogens with zero attached hydrogens (tertiary/aromatic N) is 1. The van der Waals surface area contributed by atoms with E-state index in [9.17, 15) is 9.59 Å². The van der Waals surface area contributed by atoms with Crippen LogP contribution in [-0.4, -0.2) is 43.0 Å². The van der Waals surface area contributed by atoms with Gasteiger partial charge in [0.15, 0.2) is 0 Å². The van der Waals surface area contributed by atoms with Gasteiger partial charge in [-0.15, -0.1) is 0 Å². The number of hydrogen-bond donors (Lipinski definition) is 1. The molecular formula is C21H24N2O3. The van der Waals surface area contributed by atoms with Crippen molar-refractivity contribution in [1.29, 1.82) is 0 Å². The zero-order valence-electron chi connectivity index (χ0n) is 15.0. The van der Waals surface area contributed by atoms with Gasteiger partial charge in [0.05, 0.1) is 13.5 Å². The number of benzene rings is 2. The topological polar surface area (TPSA) is 58.6 Å². The van der Waals surface area contributed by atoms with E-state index in [4.69, 9.17) is 4.74 Å². The van der Waals surface area contributed by atoms with Crippen LogP contribution in [0.4, 0.5) is 0 Å². The molecule has 0 atom stereocenters. The molecule has 5 nitrogen and oxygen atoms in total. The lowest BCUT2D eigenvalue weighted by molar-refractivity contribution is -0.131. The molecule has 1 saturated heterocycles. The molecule has 1 heterocycles. The SMILES string of the molecule is COc1cccc(C(=O)NC2CCN(C(=O)Cc3ccccc3)CC2)c1. The Morgan fingerprint density at radius 1 is 1.08 bits per heavy atom. The van der Waals surface area contributed by atoms with Crippen LogP contribution in [0.3, 0.4) is 0 Å². The van der Waals surface area contributed by atoms with Gasteiger partial charge in [-0.2, -0.15) is 0 Å². The second-order valence-electron chi connectivity index (χ2n) is 6.52. The van der Waals surface area contributed by atoms with E-state index in [1.165, 1.54) is 0 Å². The third-order valence-corrected chi connectivity index (χ3v) is 4.71. The number of nitrogens with one attached hydrogen (secondary N) is 1. The van der Waals surface area contributed by atoms with Crippen molar-refractivity contribution in [2.24, 2.45) is 0 Å². The Morgan fingerprint density at radius 3 is 2.50 bits per heavy atom. The third kappa shape index (κ3) is 4.63. The summed E-state index contributed by atoms with van der Waals surface area (Å²) in [6, 6.07) is 17.0. The van der Waals surface area contributed by atoms with Crippen molar-refractivity contribution in [2.75, 3.05) is 20.2 Å². The van der Waals surface area contributed by atoms with Gasteiger partial charge in [-0.25, -0.2) is 0 Å². The van der Waals surface area contributed by atoms with Gasteiger partial charge in [-0.3, -0.25) is 9.59 Å². The number of rotatable bonds is 5. The summed E-state index contributed by atoms with van der Waals surface area (Å²) in [6.07, 6.45) is 1.98. The van der Waals surface area contributed by atoms with Crippen molar-refractivity contribution in [2.45, 2.75) is 25.3 Å². The number of hydrogen-bond acceptors (Lipinski definition) is 3. The zero-order valence-corrected chi connectivity index (χ0v) is 15.0. The highest BCUT2D eigenvalue weighted by Gasteiger charge is 2.24. The minimum Gasteiger partial charge on any atom is -0.497 e. The van der Waals surface area contributed by atoms with E-state index in [2.05, 4.69) is 5.32 Å². The normalized spacial score (nSPS) is 14.7. The molecule has 1 aliphatic rings. The molecule has 26 heavy (non-hydrogen) atoms. The van der Waals surface area contributed by atoms with E-state index < -0.39 is 0 Å². The van der Waals surface area contributed by atoms with Crippen LogP contribution in [0.5, 0.6) is 5.75 Å². The second kappa shape index (κ2) is 8.52. The number of methoxy groups -OCH3 is 1. The molecule has 0 saturated carbocycles. The number of piperidine rings is 1. The molecule has 1 aliphatic heterocycles. The standard InChI is InChI=1S/C21H24N2O3/c1-26-19-9-5-8-17(15-19)21(25)22-18-10-12-23(13-11-18)20(24)14-16-6-3-2-4-7-16/h2-9,15,18H,10-14H2,1H3,(H,22,25). The Kier molecular flexibility index (Phi) is 5.89. The molecule has 2 amide bonds. The number of carbonyl (C=O) groups excluding carboxylic acids is 2. The molecule has 1 fully saturated rings. The van der Waals surface area contributed by atoms with E-state index in [0.717, 1.165) is 18.4 Å². The van der Waals surface area contributed by atoms with Gasteiger partial charge in [0.2, 0.25) is 5.91 Å². The van der Waals surface area contributed by atoms with Crippen LogP contribution in [0, 0.1) is 0 Å². The monoisotopic (exact) mass is 352 g/mol. The fourth-order valence-electron chi connectivity index (χ4n) is 3.19. The van der Waals surface area contributed by atoms with Crippen LogP contribution in [0.15, 0.2) is 54.6 Å². The summed E-state index contributed by atoms with van der Waals surface area (Å²) in [6.45, 7) is 1.35. The first-order chi connectivity index (χ1) is 12.7. The van der Waals surface area contributed by atoms with Gasteiger partial charge in [0, 0.05) is 24.7 Å². The van der Waals surface area contributed by atoms with Crippen molar-refractivity contribution in [3.8, 4) is 5.75 Å². The van der Waals surface area contributed by atoms with Gasteiger partial charge in [-0.1, -0.05) is 36.4 Å². The lowest BCUT2D eigenvalue weighted by Crippen LogP contribution is -2.47. The summed E-state index contributed by atoms with van der Waals surface area (Å²) in [4.78, 5) is 26.7. The van der Waals surface area contributed by atoms with Crippen molar-refractivity contribution < 1.29 is 14.3 Å². The van der Waals surface area contributed by atoms with Crippen LogP contribution in [-0.2, 0) is 11.2 Å². The molecule has 3 rings (SSSR count). The first-order valence-electron chi connectivity index (χ1n) is 8.92. The first kappa shape index (κ1) is 18.0. The summed E-state index contributed by atoms with van der Waals surface area (Å²) in [5.41, 5.74) is 1.62. The Balaban J connectivity index is 1.49. The van der Waals surface area contributed by atoms with Crippen LogP contribution in [0.1, 0.15) is 28.8 Å². The average molecular weight is 352 g/mol. The smallest absolute Gasteiger partial charge is 0.251 e. The lowest BCUT2D eigenvalue weighted by atomic mass is 10.0. The van der Waals surface area contributed by atoms with E-state index in [1.54, 1.807) is 25.3 Å². The lowest BCUT2D eigenvalue weighted by Gasteiger charge is -2.32. The van der Waals surface area contributed by atoms with Crippen LogP contribution < -0.4 is 10.1 Å². The first-order valence-corrected chi connectivity index (χ1v) is 8.92. The van der Waals surface area contributed by atoms with Crippen LogP contribution >= 0.6 is 0 Å². The fraction of sp³-hybridized carbons (Fsp3) is 0.333.